The third-order valence-corrected chi connectivity index (χ3v) is 5.97. The summed E-state index contributed by atoms with van der Waals surface area (Å²) in [7, 11) is 1.74. The molecule has 140 valence electrons. The number of nitrogens with zero attached hydrogens (tertiary/aromatic N) is 2. The maximum absolute atomic E-state index is 5.70. The number of fused-ring (bicyclic) bond motifs is 3. The van der Waals surface area contributed by atoms with Gasteiger partial charge in [0.05, 0.1) is 30.2 Å². The minimum Gasteiger partial charge on any atom is -0.496 e. The maximum atomic E-state index is 5.70. The Hall–Kier alpha value is -2.79. The fourth-order valence-electron chi connectivity index (χ4n) is 4.13. The van der Waals surface area contributed by atoms with Crippen molar-refractivity contribution in [2.24, 2.45) is 0 Å². The van der Waals surface area contributed by atoms with Crippen molar-refractivity contribution in [1.82, 2.24) is 9.55 Å². The van der Waals surface area contributed by atoms with Crippen LogP contribution in [0, 0.1) is 0 Å². The fraction of sp³-hybridized carbons (Fsp3) is 0.174. The van der Waals surface area contributed by atoms with Crippen LogP contribution in [0.5, 0.6) is 5.75 Å². The van der Waals surface area contributed by atoms with E-state index in [-0.39, 0.29) is 12.1 Å². The van der Waals surface area contributed by atoms with E-state index in [1.165, 1.54) is 11.1 Å². The summed E-state index contributed by atoms with van der Waals surface area (Å²) in [4.78, 5) is 4.88. The normalized spacial score (nSPS) is 18.5. The molecule has 5 rings (SSSR count). The highest BCUT2D eigenvalue weighted by molar-refractivity contribution is 9.10. The summed E-state index contributed by atoms with van der Waals surface area (Å²) in [5.41, 5.74) is 4.57. The zero-order valence-electron chi connectivity index (χ0n) is 15.5. The van der Waals surface area contributed by atoms with E-state index in [9.17, 15) is 0 Å². The SMILES string of the molecule is COc1ccccc1[C@@H]1C[C@H](c2ccc(Br)cc2)Nc2nc3ccccc3n21. The molecule has 0 aliphatic carbocycles. The van der Waals surface area contributed by atoms with E-state index in [2.05, 4.69) is 80.4 Å². The molecule has 0 fully saturated rings. The van der Waals surface area contributed by atoms with E-state index in [1.807, 2.05) is 18.2 Å². The summed E-state index contributed by atoms with van der Waals surface area (Å²) in [5, 5.41) is 3.66. The van der Waals surface area contributed by atoms with Crippen molar-refractivity contribution in [1.29, 1.82) is 0 Å². The molecule has 4 aromatic rings. The summed E-state index contributed by atoms with van der Waals surface area (Å²) in [6.45, 7) is 0. The standard InChI is InChI=1S/C23H20BrN3O/c1-28-22-9-5-2-6-17(22)21-14-19(15-10-12-16(24)13-11-15)26-23-25-18-7-3-4-8-20(18)27(21)23/h2-13,19,21H,14H2,1H3,(H,25,26)/t19-,21+/m1/s1. The van der Waals surface area contributed by atoms with Gasteiger partial charge in [-0.05, 0) is 42.3 Å². The van der Waals surface area contributed by atoms with Gasteiger partial charge in [-0.25, -0.2) is 4.98 Å². The van der Waals surface area contributed by atoms with Gasteiger partial charge >= 0.3 is 0 Å². The number of ether oxygens (including phenoxy) is 1. The van der Waals surface area contributed by atoms with Gasteiger partial charge in [0.1, 0.15) is 5.75 Å². The molecule has 1 aromatic heterocycles. The first-order valence-corrected chi connectivity index (χ1v) is 10.2. The van der Waals surface area contributed by atoms with Gasteiger partial charge in [0, 0.05) is 10.0 Å². The van der Waals surface area contributed by atoms with Crippen molar-refractivity contribution < 1.29 is 4.74 Å². The van der Waals surface area contributed by atoms with Crippen LogP contribution < -0.4 is 10.1 Å². The first-order valence-electron chi connectivity index (χ1n) is 9.36. The minimum atomic E-state index is 0.133. The van der Waals surface area contributed by atoms with Crippen molar-refractivity contribution in [2.75, 3.05) is 12.4 Å². The molecule has 4 nitrogen and oxygen atoms in total. The molecule has 1 N–H and O–H groups in total. The van der Waals surface area contributed by atoms with Crippen molar-refractivity contribution in [2.45, 2.75) is 18.5 Å². The molecule has 0 spiro atoms. The van der Waals surface area contributed by atoms with Crippen LogP contribution in [0.15, 0.2) is 77.3 Å². The first-order chi connectivity index (χ1) is 13.7. The molecule has 5 heteroatoms. The molecular formula is C23H20BrN3O. The van der Waals surface area contributed by atoms with Crippen LogP contribution in [-0.2, 0) is 0 Å². The monoisotopic (exact) mass is 433 g/mol. The maximum Gasteiger partial charge on any atom is 0.204 e. The van der Waals surface area contributed by atoms with Crippen molar-refractivity contribution >= 4 is 32.9 Å². The molecule has 0 bridgehead atoms. The second kappa shape index (κ2) is 6.99. The Morgan fingerprint density at radius 2 is 1.75 bits per heavy atom. The third-order valence-electron chi connectivity index (χ3n) is 5.44. The van der Waals surface area contributed by atoms with Gasteiger partial charge in [0.25, 0.3) is 0 Å². The number of benzene rings is 3. The molecule has 0 amide bonds. The van der Waals surface area contributed by atoms with Gasteiger partial charge in [0.15, 0.2) is 0 Å². The van der Waals surface area contributed by atoms with Crippen LogP contribution in [0.1, 0.15) is 29.6 Å². The number of imidazole rings is 1. The van der Waals surface area contributed by atoms with Crippen LogP contribution in [0.2, 0.25) is 0 Å². The van der Waals surface area contributed by atoms with Crippen molar-refractivity contribution in [3.8, 4) is 5.75 Å². The van der Waals surface area contributed by atoms with E-state index < -0.39 is 0 Å². The quantitative estimate of drug-likeness (QED) is 0.433. The highest BCUT2D eigenvalue weighted by Gasteiger charge is 2.32. The molecule has 2 heterocycles. The molecule has 0 radical (unpaired) electrons. The van der Waals surface area contributed by atoms with Gasteiger partial charge in [0.2, 0.25) is 5.95 Å². The van der Waals surface area contributed by atoms with Crippen LogP contribution in [0.4, 0.5) is 5.95 Å². The first kappa shape index (κ1) is 17.3. The summed E-state index contributed by atoms with van der Waals surface area (Å²) in [5.74, 6) is 1.81. The molecule has 0 saturated carbocycles. The third kappa shape index (κ3) is 2.87. The van der Waals surface area contributed by atoms with E-state index in [4.69, 9.17) is 9.72 Å². The topological polar surface area (TPSA) is 39.1 Å². The number of aromatic nitrogens is 2. The molecule has 0 unspecified atom stereocenters. The summed E-state index contributed by atoms with van der Waals surface area (Å²) in [6.07, 6.45) is 0.912. The molecule has 1 aliphatic heterocycles. The predicted molar refractivity (Wildman–Crippen MR) is 116 cm³/mol. The van der Waals surface area contributed by atoms with Gasteiger partial charge in [-0.3, -0.25) is 0 Å². The van der Waals surface area contributed by atoms with E-state index >= 15 is 0 Å². The zero-order chi connectivity index (χ0) is 19.1. The number of rotatable bonds is 3. The Kier molecular flexibility index (Phi) is 4.32. The van der Waals surface area contributed by atoms with E-state index in [0.717, 1.165) is 33.6 Å². The molecule has 0 saturated heterocycles. The number of halogens is 1. The lowest BCUT2D eigenvalue weighted by molar-refractivity contribution is 0.392. The Bertz CT molecular complexity index is 1140. The van der Waals surface area contributed by atoms with Gasteiger partial charge in [-0.2, -0.15) is 0 Å². The number of anilines is 1. The van der Waals surface area contributed by atoms with Crippen LogP contribution in [-0.4, -0.2) is 16.7 Å². The van der Waals surface area contributed by atoms with E-state index in [0.29, 0.717) is 0 Å². The average Bonchev–Trinajstić information content (AvgIpc) is 3.12. The second-order valence-corrected chi connectivity index (χ2v) is 7.95. The fourth-order valence-corrected chi connectivity index (χ4v) is 4.39. The van der Waals surface area contributed by atoms with Crippen LogP contribution in [0.25, 0.3) is 11.0 Å². The van der Waals surface area contributed by atoms with Gasteiger partial charge < -0.3 is 14.6 Å². The highest BCUT2D eigenvalue weighted by Crippen LogP contribution is 2.43. The molecule has 2 atom stereocenters. The lowest BCUT2D eigenvalue weighted by atomic mass is 9.92. The average molecular weight is 434 g/mol. The highest BCUT2D eigenvalue weighted by atomic mass is 79.9. The number of hydrogen-bond acceptors (Lipinski definition) is 3. The molecule has 3 aromatic carbocycles. The summed E-state index contributed by atoms with van der Waals surface area (Å²) < 4.78 is 9.09. The van der Waals surface area contributed by atoms with Crippen molar-refractivity contribution in [3.63, 3.8) is 0 Å². The number of methoxy groups -OCH3 is 1. The van der Waals surface area contributed by atoms with Crippen LogP contribution in [0.3, 0.4) is 0 Å². The Balaban J connectivity index is 1.68. The number of para-hydroxylation sites is 3. The molecular weight excluding hydrogens is 414 g/mol. The summed E-state index contributed by atoms with van der Waals surface area (Å²) >= 11 is 3.53. The molecule has 1 aliphatic rings. The Morgan fingerprint density at radius 3 is 2.57 bits per heavy atom. The predicted octanol–water partition coefficient (Wildman–Crippen LogP) is 5.95. The van der Waals surface area contributed by atoms with E-state index in [1.54, 1.807) is 7.11 Å². The Morgan fingerprint density at radius 1 is 1.00 bits per heavy atom. The smallest absolute Gasteiger partial charge is 0.204 e. The zero-order valence-corrected chi connectivity index (χ0v) is 17.1. The number of hydrogen-bond donors (Lipinski definition) is 1. The second-order valence-electron chi connectivity index (χ2n) is 7.04. The van der Waals surface area contributed by atoms with Gasteiger partial charge in [-0.1, -0.05) is 58.4 Å². The number of nitrogens with one attached hydrogen (secondary N) is 1. The van der Waals surface area contributed by atoms with Gasteiger partial charge in [-0.15, -0.1) is 0 Å². The lowest BCUT2D eigenvalue weighted by Crippen LogP contribution is -2.27. The Labute approximate surface area is 172 Å². The largest absolute Gasteiger partial charge is 0.496 e. The van der Waals surface area contributed by atoms with Crippen LogP contribution >= 0.6 is 15.9 Å². The molecule has 28 heavy (non-hydrogen) atoms. The lowest BCUT2D eigenvalue weighted by Gasteiger charge is -2.34. The minimum absolute atomic E-state index is 0.133. The van der Waals surface area contributed by atoms with Crippen molar-refractivity contribution in [3.05, 3.63) is 88.4 Å². The summed E-state index contributed by atoms with van der Waals surface area (Å²) in [6, 6.07) is 25.4.